The maximum Gasteiger partial charge on any atom is 0.418 e. The Hall–Kier alpha value is -0.810. The van der Waals surface area contributed by atoms with Gasteiger partial charge in [-0.15, -0.1) is 23.5 Å². The molecule has 0 aromatic carbocycles. The van der Waals surface area contributed by atoms with E-state index in [4.69, 9.17) is 9.29 Å². The minimum absolute atomic E-state index is 0.817. The highest BCUT2D eigenvalue weighted by Crippen LogP contribution is 2.41. The molecule has 1 amide bonds. The molecule has 0 aromatic rings. The third-order valence-corrected chi connectivity index (χ3v) is 4.50. The first kappa shape index (κ1) is 22.2. The minimum Gasteiger partial charge on any atom is -0.394 e. The van der Waals surface area contributed by atoms with Gasteiger partial charge in [-0.3, -0.25) is 9.35 Å². The standard InChI is InChI=1S/C11H19NO11S2/c1-2-4(14)6(10(18)12-23-25(19,20)21)11(24)9(17)8(16)7(15)5(3-13)22-11/h2,4-9,13-17,24H,1,3H2,(H,12,18)(H,19,20,21)/t4?,5-,6?,7-,8+,9-,11+/m1/s1. The molecule has 0 aromatic heterocycles. The predicted molar refractivity (Wildman–Crippen MR) is 82.2 cm³/mol. The van der Waals surface area contributed by atoms with Crippen LogP contribution in [0.25, 0.3) is 0 Å². The number of aliphatic hydroxyl groups is 5. The smallest absolute Gasteiger partial charge is 0.394 e. The number of carbonyl (C=O) groups excluding carboxylic acids is 1. The van der Waals surface area contributed by atoms with Crippen molar-refractivity contribution in [3.63, 3.8) is 0 Å². The van der Waals surface area contributed by atoms with E-state index in [0.717, 1.165) is 6.08 Å². The van der Waals surface area contributed by atoms with Crippen LogP contribution < -0.4 is 5.48 Å². The van der Waals surface area contributed by atoms with Crippen molar-refractivity contribution in [3.05, 3.63) is 12.7 Å². The van der Waals surface area contributed by atoms with Crippen molar-refractivity contribution in [2.24, 2.45) is 5.92 Å². The third-order valence-electron chi connectivity index (χ3n) is 3.56. The highest BCUT2D eigenvalue weighted by Gasteiger charge is 2.59. The molecule has 2 unspecified atom stereocenters. The van der Waals surface area contributed by atoms with E-state index in [0.29, 0.717) is 0 Å². The van der Waals surface area contributed by atoms with Crippen molar-refractivity contribution in [2.45, 2.75) is 35.5 Å². The van der Waals surface area contributed by atoms with E-state index in [1.54, 1.807) is 0 Å². The number of thiol groups is 1. The van der Waals surface area contributed by atoms with Gasteiger partial charge in [0.25, 0.3) is 5.91 Å². The maximum atomic E-state index is 12.2. The predicted octanol–water partition coefficient (Wildman–Crippen LogP) is -3.90. The first-order chi connectivity index (χ1) is 11.4. The summed E-state index contributed by atoms with van der Waals surface area (Å²) >= 11 is 3.96. The van der Waals surface area contributed by atoms with Crippen molar-refractivity contribution >= 4 is 28.9 Å². The summed E-state index contributed by atoms with van der Waals surface area (Å²) in [5, 5.41) is 48.9. The van der Waals surface area contributed by atoms with Gasteiger partial charge in [0.2, 0.25) is 0 Å². The van der Waals surface area contributed by atoms with E-state index in [9.17, 15) is 38.7 Å². The zero-order valence-corrected chi connectivity index (χ0v) is 14.2. The van der Waals surface area contributed by atoms with Crippen LogP contribution in [0.2, 0.25) is 0 Å². The molecule has 1 heterocycles. The van der Waals surface area contributed by atoms with Gasteiger partial charge < -0.3 is 30.3 Å². The molecule has 0 saturated carbocycles. The van der Waals surface area contributed by atoms with E-state index in [-0.39, 0.29) is 0 Å². The van der Waals surface area contributed by atoms with Crippen LogP contribution >= 0.6 is 12.6 Å². The average Bonchev–Trinajstić information content (AvgIpc) is 2.53. The molecule has 1 aliphatic heterocycles. The number of hydroxylamine groups is 1. The van der Waals surface area contributed by atoms with Gasteiger partial charge >= 0.3 is 10.4 Å². The Morgan fingerprint density at radius 3 is 2.40 bits per heavy atom. The van der Waals surface area contributed by atoms with Crippen molar-refractivity contribution in [1.29, 1.82) is 0 Å². The van der Waals surface area contributed by atoms with Gasteiger partial charge in [-0.05, 0) is 0 Å². The second kappa shape index (κ2) is 8.26. The van der Waals surface area contributed by atoms with Gasteiger partial charge in [-0.2, -0.15) is 8.42 Å². The Morgan fingerprint density at radius 2 is 1.96 bits per heavy atom. The number of nitrogens with one attached hydrogen (secondary N) is 1. The minimum atomic E-state index is -5.08. The molecule has 0 aliphatic carbocycles. The van der Waals surface area contributed by atoms with Crippen molar-refractivity contribution in [1.82, 2.24) is 5.48 Å². The van der Waals surface area contributed by atoms with Crippen LogP contribution in [-0.4, -0.2) is 86.5 Å². The van der Waals surface area contributed by atoms with Crippen LogP contribution in [0.1, 0.15) is 0 Å². The molecule has 7 atom stereocenters. The summed E-state index contributed by atoms with van der Waals surface area (Å²) in [4.78, 5) is 9.75. The molecule has 1 aliphatic rings. The SMILES string of the molecule is C=CC(O)C(C(=O)NOS(=O)(=O)O)[C@@]1(S)O[C@H](CO)[C@@H](O)[C@H](O)[C@H]1O. The van der Waals surface area contributed by atoms with Gasteiger partial charge in [0.1, 0.15) is 30.3 Å². The zero-order valence-electron chi connectivity index (χ0n) is 12.5. The summed E-state index contributed by atoms with van der Waals surface area (Å²) in [6.07, 6.45) is -8.22. The molecular weight excluding hydrogens is 386 g/mol. The van der Waals surface area contributed by atoms with Crippen LogP contribution in [0, 0.1) is 5.92 Å². The number of amides is 1. The summed E-state index contributed by atoms with van der Waals surface area (Å²) < 4.78 is 38.4. The first-order valence-electron chi connectivity index (χ1n) is 6.70. The topological polar surface area (TPSA) is 203 Å². The second-order valence-electron chi connectivity index (χ2n) is 5.20. The average molecular weight is 405 g/mol. The molecule has 7 N–H and O–H groups in total. The van der Waals surface area contributed by atoms with Crippen LogP contribution in [0.5, 0.6) is 0 Å². The second-order valence-corrected chi connectivity index (χ2v) is 6.92. The number of rotatable bonds is 7. The van der Waals surface area contributed by atoms with Gasteiger partial charge in [-0.25, -0.2) is 5.48 Å². The summed E-state index contributed by atoms with van der Waals surface area (Å²) in [6.45, 7) is 2.39. The molecule has 0 bridgehead atoms. The van der Waals surface area contributed by atoms with E-state index < -0.39 is 64.3 Å². The molecule has 25 heavy (non-hydrogen) atoms. The van der Waals surface area contributed by atoms with Gasteiger partial charge in [0.05, 0.1) is 12.7 Å². The highest BCUT2D eigenvalue weighted by molar-refractivity contribution is 7.81. The van der Waals surface area contributed by atoms with E-state index in [1.165, 1.54) is 5.48 Å². The maximum absolute atomic E-state index is 12.2. The summed E-state index contributed by atoms with van der Waals surface area (Å²) in [7, 11) is -5.08. The Bertz CT molecular complexity index is 597. The molecule has 1 fully saturated rings. The van der Waals surface area contributed by atoms with E-state index in [1.807, 2.05) is 0 Å². The Morgan fingerprint density at radius 1 is 1.40 bits per heavy atom. The lowest BCUT2D eigenvalue weighted by atomic mass is 9.83. The molecule has 146 valence electrons. The van der Waals surface area contributed by atoms with Gasteiger partial charge in [0.15, 0.2) is 4.93 Å². The molecule has 12 nitrogen and oxygen atoms in total. The molecule has 0 radical (unpaired) electrons. The third kappa shape index (κ3) is 4.88. The fourth-order valence-corrected chi connectivity index (χ4v) is 3.06. The van der Waals surface area contributed by atoms with Crippen molar-refractivity contribution in [3.8, 4) is 0 Å². The molecule has 1 saturated heterocycles. The number of carbonyl (C=O) groups is 1. The van der Waals surface area contributed by atoms with Crippen molar-refractivity contribution < 1.29 is 52.3 Å². The summed E-state index contributed by atoms with van der Waals surface area (Å²) in [5.74, 6) is -3.37. The van der Waals surface area contributed by atoms with Crippen LogP contribution in [-0.2, 0) is 24.2 Å². The Labute approximate surface area is 148 Å². The fraction of sp³-hybridized carbons (Fsp3) is 0.727. The lowest BCUT2D eigenvalue weighted by molar-refractivity contribution is -0.258. The fourth-order valence-electron chi connectivity index (χ4n) is 2.32. The van der Waals surface area contributed by atoms with E-state index in [2.05, 4.69) is 23.5 Å². The Kier molecular flexibility index (Phi) is 7.34. The molecule has 0 spiro atoms. The van der Waals surface area contributed by atoms with Crippen LogP contribution in [0.4, 0.5) is 0 Å². The number of ether oxygens (including phenoxy) is 1. The van der Waals surface area contributed by atoms with Crippen molar-refractivity contribution in [2.75, 3.05) is 6.61 Å². The van der Waals surface area contributed by atoms with Crippen LogP contribution in [0.3, 0.4) is 0 Å². The number of aliphatic hydroxyl groups excluding tert-OH is 5. The lowest BCUT2D eigenvalue weighted by Gasteiger charge is -2.49. The summed E-state index contributed by atoms with van der Waals surface area (Å²) in [5.41, 5.74) is 1.31. The quantitative estimate of drug-likeness (QED) is 0.0890. The van der Waals surface area contributed by atoms with Gasteiger partial charge in [0, 0.05) is 0 Å². The zero-order chi connectivity index (χ0) is 19.6. The highest BCUT2D eigenvalue weighted by atomic mass is 32.3. The molecule has 14 heteroatoms. The lowest BCUT2D eigenvalue weighted by Crippen LogP contribution is -2.68. The Balaban J connectivity index is 3.23. The normalized spacial score (nSPS) is 35.6. The largest absolute Gasteiger partial charge is 0.418 e. The molecular formula is C11H19NO11S2. The van der Waals surface area contributed by atoms with Crippen LogP contribution in [0.15, 0.2) is 12.7 Å². The number of hydrogen-bond donors (Lipinski definition) is 8. The van der Waals surface area contributed by atoms with Gasteiger partial charge in [-0.1, -0.05) is 6.08 Å². The monoisotopic (exact) mass is 405 g/mol. The summed E-state index contributed by atoms with van der Waals surface area (Å²) in [6, 6.07) is 0. The first-order valence-corrected chi connectivity index (χ1v) is 8.51. The number of hydrogen-bond acceptors (Lipinski definition) is 11. The van der Waals surface area contributed by atoms with E-state index >= 15 is 0 Å². The molecule has 1 rings (SSSR count).